The number of aldehydes is 1. The molecule has 0 N–H and O–H groups in total. The molecule has 80 valence electrons. The lowest BCUT2D eigenvalue weighted by molar-refractivity contribution is -0.113. The van der Waals surface area contributed by atoms with Crippen molar-refractivity contribution < 1.29 is 4.79 Å². The van der Waals surface area contributed by atoms with Crippen molar-refractivity contribution in [1.82, 2.24) is 5.01 Å². The fourth-order valence-corrected chi connectivity index (χ4v) is 1.41. The molecule has 0 aliphatic heterocycles. The van der Waals surface area contributed by atoms with Crippen LogP contribution in [0.25, 0.3) is 0 Å². The average Bonchev–Trinajstić information content (AvgIpc) is 2.26. The summed E-state index contributed by atoms with van der Waals surface area (Å²) >= 11 is 0. The Hall–Kier alpha value is -1.71. The van der Waals surface area contributed by atoms with Crippen molar-refractivity contribution >= 4 is 6.29 Å². The van der Waals surface area contributed by atoms with E-state index in [0.29, 0.717) is 0 Å². The molecule has 0 fully saturated rings. The fourth-order valence-electron chi connectivity index (χ4n) is 1.41. The second kappa shape index (κ2) is 5.24. The molecular weight excluding hydrogens is 192 g/mol. The van der Waals surface area contributed by atoms with E-state index in [1.165, 1.54) is 5.01 Å². The molecule has 4 nitrogen and oxygen atoms in total. The Morgan fingerprint density at radius 3 is 2.27 bits per heavy atom. The van der Waals surface area contributed by atoms with Gasteiger partial charge in [-0.1, -0.05) is 30.3 Å². The van der Waals surface area contributed by atoms with E-state index in [0.717, 1.165) is 11.8 Å². The Bertz CT molecular complexity index is 325. The standard InChI is InChI=1S/C11H14N2O2/c1-9(2)13(12-15)11(8-14)10-6-4-3-5-7-10/h3-9,11H,1-2H3. The van der Waals surface area contributed by atoms with Crippen LogP contribution in [-0.2, 0) is 4.79 Å². The Morgan fingerprint density at radius 1 is 1.27 bits per heavy atom. The Labute approximate surface area is 88.8 Å². The lowest BCUT2D eigenvalue weighted by Gasteiger charge is -2.25. The maximum absolute atomic E-state index is 11.0. The molecule has 0 bridgehead atoms. The summed E-state index contributed by atoms with van der Waals surface area (Å²) in [5.41, 5.74) is 0.779. The minimum Gasteiger partial charge on any atom is -0.301 e. The molecule has 1 unspecified atom stereocenters. The van der Waals surface area contributed by atoms with E-state index in [-0.39, 0.29) is 6.04 Å². The van der Waals surface area contributed by atoms with E-state index in [2.05, 4.69) is 5.29 Å². The molecule has 0 heterocycles. The van der Waals surface area contributed by atoms with E-state index in [9.17, 15) is 9.70 Å². The minimum atomic E-state index is -0.594. The van der Waals surface area contributed by atoms with Gasteiger partial charge in [-0.05, 0) is 19.4 Å². The molecule has 0 aliphatic carbocycles. The highest BCUT2D eigenvalue weighted by Gasteiger charge is 2.21. The van der Waals surface area contributed by atoms with Crippen LogP contribution in [0, 0.1) is 4.91 Å². The highest BCUT2D eigenvalue weighted by Crippen LogP contribution is 2.20. The van der Waals surface area contributed by atoms with E-state index in [1.54, 1.807) is 12.1 Å². The van der Waals surface area contributed by atoms with Gasteiger partial charge in [0.25, 0.3) is 0 Å². The number of nitroso groups, excluding NO2 is 1. The van der Waals surface area contributed by atoms with Crippen LogP contribution in [0.5, 0.6) is 0 Å². The molecule has 15 heavy (non-hydrogen) atoms. The quantitative estimate of drug-likeness (QED) is 0.422. The molecule has 1 atom stereocenters. The predicted octanol–water partition coefficient (Wildman–Crippen LogP) is 2.32. The zero-order valence-corrected chi connectivity index (χ0v) is 8.83. The summed E-state index contributed by atoms with van der Waals surface area (Å²) in [5, 5.41) is 4.14. The molecule has 0 amide bonds. The first kappa shape index (κ1) is 11.4. The maximum atomic E-state index is 11.0. The zero-order chi connectivity index (χ0) is 11.3. The third-order valence-electron chi connectivity index (χ3n) is 2.18. The van der Waals surface area contributed by atoms with Crippen LogP contribution in [0.15, 0.2) is 35.6 Å². The molecular formula is C11H14N2O2. The van der Waals surface area contributed by atoms with E-state index in [4.69, 9.17) is 0 Å². The molecule has 1 aromatic carbocycles. The lowest BCUT2D eigenvalue weighted by Crippen LogP contribution is -2.30. The Kier molecular flexibility index (Phi) is 3.97. The topological polar surface area (TPSA) is 49.7 Å². The monoisotopic (exact) mass is 206 g/mol. The second-order valence-electron chi connectivity index (χ2n) is 3.55. The Morgan fingerprint density at radius 2 is 1.87 bits per heavy atom. The van der Waals surface area contributed by atoms with Crippen LogP contribution < -0.4 is 0 Å². The fraction of sp³-hybridized carbons (Fsp3) is 0.364. The van der Waals surface area contributed by atoms with Crippen molar-refractivity contribution in [1.29, 1.82) is 0 Å². The van der Waals surface area contributed by atoms with Gasteiger partial charge in [0.15, 0.2) is 0 Å². The van der Waals surface area contributed by atoms with Crippen LogP contribution in [0.4, 0.5) is 0 Å². The van der Waals surface area contributed by atoms with Gasteiger partial charge in [-0.3, -0.25) is 0 Å². The number of carbonyl (C=O) groups excluding carboxylic acids is 1. The summed E-state index contributed by atoms with van der Waals surface area (Å²) in [6, 6.07) is 8.43. The lowest BCUT2D eigenvalue weighted by atomic mass is 10.1. The summed E-state index contributed by atoms with van der Waals surface area (Å²) in [6.07, 6.45) is 0.733. The van der Waals surface area contributed by atoms with E-state index < -0.39 is 6.04 Å². The third-order valence-corrected chi connectivity index (χ3v) is 2.18. The average molecular weight is 206 g/mol. The molecule has 1 aromatic rings. The highest BCUT2D eigenvalue weighted by atomic mass is 16.3. The number of carbonyl (C=O) groups is 1. The first-order chi connectivity index (χ1) is 7.20. The third kappa shape index (κ3) is 2.62. The van der Waals surface area contributed by atoms with Crippen molar-refractivity contribution in [2.75, 3.05) is 0 Å². The van der Waals surface area contributed by atoms with Gasteiger partial charge in [-0.25, -0.2) is 5.01 Å². The normalized spacial score (nSPS) is 12.2. The predicted molar refractivity (Wildman–Crippen MR) is 58.0 cm³/mol. The molecule has 0 aliphatic rings. The summed E-state index contributed by atoms with van der Waals surface area (Å²) in [5.74, 6) is 0. The molecule has 0 aromatic heterocycles. The smallest absolute Gasteiger partial charge is 0.148 e. The minimum absolute atomic E-state index is 0.0992. The van der Waals surface area contributed by atoms with Crippen molar-refractivity contribution in [3.05, 3.63) is 40.8 Å². The zero-order valence-electron chi connectivity index (χ0n) is 8.83. The van der Waals surface area contributed by atoms with Gasteiger partial charge < -0.3 is 4.79 Å². The van der Waals surface area contributed by atoms with Gasteiger partial charge in [-0.15, -0.1) is 4.91 Å². The van der Waals surface area contributed by atoms with Gasteiger partial charge in [0, 0.05) is 6.04 Å². The van der Waals surface area contributed by atoms with Gasteiger partial charge >= 0.3 is 0 Å². The number of hydrogen-bond acceptors (Lipinski definition) is 3. The molecule has 1 rings (SSSR count). The summed E-state index contributed by atoms with van der Waals surface area (Å²) in [6.45, 7) is 3.64. The largest absolute Gasteiger partial charge is 0.301 e. The van der Waals surface area contributed by atoms with Gasteiger partial charge in [0.2, 0.25) is 0 Å². The van der Waals surface area contributed by atoms with Gasteiger partial charge in [0.05, 0.1) is 5.29 Å². The summed E-state index contributed by atoms with van der Waals surface area (Å²) in [7, 11) is 0. The number of rotatable bonds is 5. The van der Waals surface area contributed by atoms with Crippen LogP contribution >= 0.6 is 0 Å². The van der Waals surface area contributed by atoms with Crippen molar-refractivity contribution in [2.24, 2.45) is 5.29 Å². The molecule has 0 saturated heterocycles. The van der Waals surface area contributed by atoms with Crippen molar-refractivity contribution in [3.63, 3.8) is 0 Å². The number of hydrogen-bond donors (Lipinski definition) is 0. The van der Waals surface area contributed by atoms with Gasteiger partial charge in [-0.2, -0.15) is 0 Å². The molecule has 0 saturated carbocycles. The SMILES string of the molecule is CC(C)N(N=O)C(C=O)c1ccccc1. The van der Waals surface area contributed by atoms with Crippen molar-refractivity contribution in [3.8, 4) is 0 Å². The molecule has 4 heteroatoms. The number of nitrogens with zero attached hydrogens (tertiary/aromatic N) is 2. The molecule has 0 radical (unpaired) electrons. The highest BCUT2D eigenvalue weighted by molar-refractivity contribution is 5.61. The van der Waals surface area contributed by atoms with Gasteiger partial charge in [0.1, 0.15) is 12.3 Å². The van der Waals surface area contributed by atoms with Crippen LogP contribution in [0.2, 0.25) is 0 Å². The van der Waals surface area contributed by atoms with E-state index >= 15 is 0 Å². The van der Waals surface area contributed by atoms with Crippen LogP contribution in [0.3, 0.4) is 0 Å². The van der Waals surface area contributed by atoms with E-state index in [1.807, 2.05) is 32.0 Å². The second-order valence-corrected chi connectivity index (χ2v) is 3.55. The van der Waals surface area contributed by atoms with Crippen LogP contribution in [-0.4, -0.2) is 17.3 Å². The molecule has 0 spiro atoms. The first-order valence-corrected chi connectivity index (χ1v) is 4.82. The maximum Gasteiger partial charge on any atom is 0.148 e. The van der Waals surface area contributed by atoms with Crippen molar-refractivity contribution in [2.45, 2.75) is 25.9 Å². The first-order valence-electron chi connectivity index (χ1n) is 4.82. The summed E-state index contributed by atoms with van der Waals surface area (Å²) in [4.78, 5) is 21.6. The van der Waals surface area contributed by atoms with Crippen LogP contribution in [0.1, 0.15) is 25.5 Å². The summed E-state index contributed by atoms with van der Waals surface area (Å²) < 4.78 is 0. The number of benzene rings is 1. The Balaban J connectivity index is 2.97.